The van der Waals surface area contributed by atoms with E-state index in [-0.39, 0.29) is 0 Å². The Kier molecular flexibility index (Phi) is 3.43. The fraction of sp³-hybridized carbons (Fsp3) is 0. The van der Waals surface area contributed by atoms with Crippen LogP contribution in [0.5, 0.6) is 0 Å². The molecule has 0 bridgehead atoms. The molecule has 0 fully saturated rings. The minimum atomic E-state index is 1.08. The molecule has 0 saturated heterocycles. The van der Waals surface area contributed by atoms with Gasteiger partial charge >= 0.3 is 101 Å². The van der Waals surface area contributed by atoms with Crippen LogP contribution in [0.15, 0.2) is 64.2 Å². The molecule has 0 unspecified atom stereocenters. The first-order chi connectivity index (χ1) is 7.42. The summed E-state index contributed by atoms with van der Waals surface area (Å²) in [5.41, 5.74) is 2.15. The first-order valence-electron chi connectivity index (χ1n) is 4.69. The Morgan fingerprint density at radius 3 is 1.47 bits per heavy atom. The van der Waals surface area contributed by atoms with Gasteiger partial charge in [-0.25, -0.2) is 0 Å². The summed E-state index contributed by atoms with van der Waals surface area (Å²) < 4.78 is 4.26. The average Bonchev–Trinajstić information content (AvgIpc) is 2.33. The van der Waals surface area contributed by atoms with E-state index in [1.807, 2.05) is 65.7 Å². The molecule has 0 N–H and O–H groups in total. The number of nitrogens with zero attached hydrogens (tertiary/aromatic N) is 2. The van der Waals surface area contributed by atoms with Crippen molar-refractivity contribution in [1.82, 2.24) is 0 Å². The maximum absolute atomic E-state index is 4.26. The van der Waals surface area contributed by atoms with Gasteiger partial charge < -0.3 is 0 Å². The Labute approximate surface area is 101 Å². The molecule has 0 aliphatic carbocycles. The van der Waals surface area contributed by atoms with Gasteiger partial charge in [0.1, 0.15) is 0 Å². The van der Waals surface area contributed by atoms with E-state index in [0.717, 1.165) is 11.4 Å². The zero-order valence-corrected chi connectivity index (χ0v) is 9.73. The molecule has 72 valence electrons. The van der Waals surface area contributed by atoms with Crippen LogP contribution < -0.4 is 5.01 Å². The third-order valence-electron chi connectivity index (χ3n) is 2.10. The molecule has 0 heterocycles. The van der Waals surface area contributed by atoms with Crippen molar-refractivity contribution in [2.24, 2.45) is 3.53 Å². The Balaban J connectivity index is 2.38. The van der Waals surface area contributed by atoms with Crippen LogP contribution >= 0.6 is 0 Å². The number of rotatable bonds is 3. The van der Waals surface area contributed by atoms with Crippen LogP contribution in [-0.2, 0) is 20.3 Å². The normalized spacial score (nSPS) is 9.53. The molecule has 0 aliphatic rings. The molecule has 0 amide bonds. The molecule has 0 spiro atoms. The summed E-state index contributed by atoms with van der Waals surface area (Å²) in [6.07, 6.45) is 0. The van der Waals surface area contributed by atoms with Crippen molar-refractivity contribution in [3.63, 3.8) is 0 Å². The molecule has 3 heteroatoms. The Morgan fingerprint density at radius 1 is 0.733 bits per heavy atom. The SMILES string of the molecule is [Ti]=[N]N(c1ccccc1)c1ccccc1. The number of hydrogen-bond donors (Lipinski definition) is 0. The van der Waals surface area contributed by atoms with Crippen molar-refractivity contribution in [1.29, 1.82) is 0 Å². The van der Waals surface area contributed by atoms with Gasteiger partial charge in [0.25, 0.3) is 0 Å². The van der Waals surface area contributed by atoms with Crippen molar-refractivity contribution in [2.45, 2.75) is 0 Å². The van der Waals surface area contributed by atoms with Crippen molar-refractivity contribution in [2.75, 3.05) is 5.01 Å². The Morgan fingerprint density at radius 2 is 1.13 bits per heavy atom. The van der Waals surface area contributed by atoms with E-state index in [9.17, 15) is 0 Å². The Bertz CT molecular complexity index is 388. The van der Waals surface area contributed by atoms with Crippen LogP contribution in [0.1, 0.15) is 0 Å². The second-order valence-corrected chi connectivity index (χ2v) is 3.40. The predicted molar refractivity (Wildman–Crippen MR) is 57.5 cm³/mol. The van der Waals surface area contributed by atoms with E-state index < -0.39 is 0 Å². The zero-order valence-electron chi connectivity index (χ0n) is 8.17. The van der Waals surface area contributed by atoms with E-state index in [1.54, 1.807) is 20.3 Å². The van der Waals surface area contributed by atoms with E-state index in [4.69, 9.17) is 0 Å². The molecule has 0 aliphatic heterocycles. The third kappa shape index (κ3) is 2.41. The molecule has 2 aromatic rings. The van der Waals surface area contributed by atoms with E-state index in [1.165, 1.54) is 0 Å². The second kappa shape index (κ2) is 5.01. The summed E-state index contributed by atoms with van der Waals surface area (Å²) in [4.78, 5) is 0. The first-order valence-corrected chi connectivity index (χ1v) is 5.39. The van der Waals surface area contributed by atoms with Gasteiger partial charge in [-0.15, -0.1) is 0 Å². The number of anilines is 2. The molecular weight excluding hydrogens is 220 g/mol. The number of hydrogen-bond acceptors (Lipinski definition) is 2. The monoisotopic (exact) mass is 230 g/mol. The summed E-state index contributed by atoms with van der Waals surface area (Å²) >= 11 is 1.79. The van der Waals surface area contributed by atoms with Gasteiger partial charge in [0.05, 0.1) is 0 Å². The van der Waals surface area contributed by atoms with E-state index in [2.05, 4.69) is 3.53 Å². The summed E-state index contributed by atoms with van der Waals surface area (Å²) in [6, 6.07) is 20.2. The van der Waals surface area contributed by atoms with Gasteiger partial charge in [0.2, 0.25) is 0 Å². The van der Waals surface area contributed by atoms with Crippen LogP contribution in [-0.4, -0.2) is 0 Å². The zero-order chi connectivity index (χ0) is 10.5. The topological polar surface area (TPSA) is 15.6 Å². The molecule has 0 radical (unpaired) electrons. The molecule has 0 aromatic heterocycles. The summed E-state index contributed by atoms with van der Waals surface area (Å²) in [5, 5.41) is 1.92. The summed E-state index contributed by atoms with van der Waals surface area (Å²) in [7, 11) is 0. The predicted octanol–water partition coefficient (Wildman–Crippen LogP) is 3.47. The minimum absolute atomic E-state index is 1.08. The summed E-state index contributed by atoms with van der Waals surface area (Å²) in [5.74, 6) is 0. The molecule has 0 atom stereocenters. The third-order valence-corrected chi connectivity index (χ3v) is 2.41. The number of para-hydroxylation sites is 2. The van der Waals surface area contributed by atoms with Gasteiger partial charge in [-0.3, -0.25) is 0 Å². The Hall–Kier alpha value is -1.25. The van der Waals surface area contributed by atoms with Gasteiger partial charge in [0, 0.05) is 0 Å². The fourth-order valence-corrected chi connectivity index (χ4v) is 1.76. The van der Waals surface area contributed by atoms with Crippen LogP contribution in [0.3, 0.4) is 0 Å². The molecular formula is C12H10N2Ti. The van der Waals surface area contributed by atoms with Crippen molar-refractivity contribution < 1.29 is 20.3 Å². The average molecular weight is 230 g/mol. The van der Waals surface area contributed by atoms with Crippen molar-refractivity contribution in [3.8, 4) is 0 Å². The van der Waals surface area contributed by atoms with Gasteiger partial charge in [-0.05, 0) is 0 Å². The van der Waals surface area contributed by atoms with Gasteiger partial charge in [-0.2, -0.15) is 0 Å². The van der Waals surface area contributed by atoms with Crippen LogP contribution in [0, 0.1) is 0 Å². The second-order valence-electron chi connectivity index (χ2n) is 3.08. The fourth-order valence-electron chi connectivity index (χ4n) is 1.40. The quantitative estimate of drug-likeness (QED) is 0.582. The summed E-state index contributed by atoms with van der Waals surface area (Å²) in [6.45, 7) is 0. The molecule has 2 aromatic carbocycles. The van der Waals surface area contributed by atoms with Crippen LogP contribution in [0.4, 0.5) is 11.4 Å². The molecule has 2 nitrogen and oxygen atoms in total. The first kappa shape index (κ1) is 10.3. The van der Waals surface area contributed by atoms with Gasteiger partial charge in [-0.1, -0.05) is 0 Å². The molecule has 15 heavy (non-hydrogen) atoms. The number of benzene rings is 2. The van der Waals surface area contributed by atoms with E-state index >= 15 is 0 Å². The molecule has 0 saturated carbocycles. The van der Waals surface area contributed by atoms with Gasteiger partial charge in [0.15, 0.2) is 0 Å². The van der Waals surface area contributed by atoms with E-state index in [0.29, 0.717) is 0 Å². The van der Waals surface area contributed by atoms with Crippen LogP contribution in [0.25, 0.3) is 0 Å². The standard InChI is InChI=1S/C12H10N2.Ti/c13-14(11-7-3-1-4-8-11)12-9-5-2-6-10-12;/h1-10H;. The van der Waals surface area contributed by atoms with Crippen molar-refractivity contribution >= 4 is 11.4 Å². The van der Waals surface area contributed by atoms with Crippen molar-refractivity contribution in [3.05, 3.63) is 60.7 Å². The van der Waals surface area contributed by atoms with Crippen LogP contribution in [0.2, 0.25) is 0 Å². The maximum atomic E-state index is 4.26. The molecule has 2 rings (SSSR count).